The lowest BCUT2D eigenvalue weighted by molar-refractivity contribution is 0.461. The van der Waals surface area contributed by atoms with Crippen molar-refractivity contribution in [3.63, 3.8) is 0 Å². The average Bonchev–Trinajstić information content (AvgIpc) is 1.96. The third kappa shape index (κ3) is 2.61. The van der Waals surface area contributed by atoms with Crippen molar-refractivity contribution in [2.24, 2.45) is 5.14 Å². The summed E-state index contributed by atoms with van der Waals surface area (Å²) < 4.78 is 25.7. The van der Waals surface area contributed by atoms with E-state index in [1.165, 1.54) is 12.1 Å². The van der Waals surface area contributed by atoms with Gasteiger partial charge in [0.15, 0.2) is 0 Å². The molecule has 0 heterocycles. The molecular formula is C8H11NO4S. The molecule has 0 aliphatic heterocycles. The molecular weight excluding hydrogens is 206 g/mol. The highest BCUT2D eigenvalue weighted by molar-refractivity contribution is 7.84. The van der Waals surface area contributed by atoms with E-state index in [0.717, 1.165) is 0 Å². The Kier molecular flexibility index (Phi) is 2.68. The third-order valence-electron chi connectivity index (χ3n) is 1.68. The van der Waals surface area contributed by atoms with Gasteiger partial charge in [0.1, 0.15) is 11.5 Å². The Morgan fingerprint density at radius 2 is 1.71 bits per heavy atom. The molecule has 0 amide bonds. The molecule has 0 spiro atoms. The number of phenolic OH excluding ortho intramolecular Hbond substituents is 1. The second kappa shape index (κ2) is 3.47. The molecule has 5 nitrogen and oxygen atoms in total. The fourth-order valence-electron chi connectivity index (χ4n) is 1.10. The summed E-state index contributed by atoms with van der Waals surface area (Å²) in [6.07, 6.45) is 0. The van der Waals surface area contributed by atoms with Crippen molar-refractivity contribution in [3.05, 3.63) is 23.3 Å². The Balaban J connectivity index is 3.14. The van der Waals surface area contributed by atoms with E-state index in [-0.39, 0.29) is 11.5 Å². The number of aromatic hydroxyl groups is 1. The van der Waals surface area contributed by atoms with Crippen LogP contribution in [0, 0.1) is 13.8 Å². The van der Waals surface area contributed by atoms with Crippen LogP contribution in [0.5, 0.6) is 11.5 Å². The van der Waals surface area contributed by atoms with Crippen molar-refractivity contribution in [1.29, 1.82) is 0 Å². The molecule has 6 heteroatoms. The summed E-state index contributed by atoms with van der Waals surface area (Å²) in [5.74, 6) is 0.215. The van der Waals surface area contributed by atoms with Crippen LogP contribution in [0.25, 0.3) is 0 Å². The van der Waals surface area contributed by atoms with Crippen LogP contribution in [0.1, 0.15) is 11.1 Å². The number of rotatable bonds is 2. The van der Waals surface area contributed by atoms with E-state index >= 15 is 0 Å². The number of hydrogen-bond donors (Lipinski definition) is 2. The quantitative estimate of drug-likeness (QED) is 0.758. The van der Waals surface area contributed by atoms with Gasteiger partial charge in [0.25, 0.3) is 0 Å². The molecule has 0 aromatic heterocycles. The molecule has 0 saturated carbocycles. The normalized spacial score (nSPS) is 11.4. The van der Waals surface area contributed by atoms with Gasteiger partial charge in [-0.15, -0.1) is 0 Å². The van der Waals surface area contributed by atoms with Gasteiger partial charge in [0, 0.05) is 0 Å². The van der Waals surface area contributed by atoms with Crippen LogP contribution >= 0.6 is 0 Å². The fraction of sp³-hybridized carbons (Fsp3) is 0.250. The first-order valence-corrected chi connectivity index (χ1v) is 5.29. The summed E-state index contributed by atoms with van der Waals surface area (Å²) >= 11 is 0. The van der Waals surface area contributed by atoms with Crippen molar-refractivity contribution >= 4 is 10.3 Å². The van der Waals surface area contributed by atoms with Crippen LogP contribution in [0.2, 0.25) is 0 Å². The number of nitrogens with two attached hydrogens (primary N) is 1. The summed E-state index contributed by atoms with van der Waals surface area (Å²) in [7, 11) is -4.01. The van der Waals surface area contributed by atoms with Crippen molar-refractivity contribution in [2.75, 3.05) is 0 Å². The van der Waals surface area contributed by atoms with Crippen molar-refractivity contribution in [1.82, 2.24) is 0 Å². The largest absolute Gasteiger partial charge is 0.507 e. The first-order valence-electron chi connectivity index (χ1n) is 3.82. The predicted molar refractivity (Wildman–Crippen MR) is 51.3 cm³/mol. The average molecular weight is 217 g/mol. The fourth-order valence-corrected chi connectivity index (χ4v) is 1.46. The van der Waals surface area contributed by atoms with E-state index in [2.05, 4.69) is 4.18 Å². The summed E-state index contributed by atoms with van der Waals surface area (Å²) in [6.45, 7) is 3.27. The van der Waals surface area contributed by atoms with Crippen molar-refractivity contribution in [3.8, 4) is 11.5 Å². The Bertz CT molecular complexity index is 429. The van der Waals surface area contributed by atoms with E-state index < -0.39 is 10.3 Å². The Morgan fingerprint density at radius 3 is 2.07 bits per heavy atom. The monoisotopic (exact) mass is 217 g/mol. The van der Waals surface area contributed by atoms with Gasteiger partial charge in [-0.25, -0.2) is 0 Å². The Labute approximate surface area is 82.4 Å². The van der Waals surface area contributed by atoms with Crippen molar-refractivity contribution < 1.29 is 17.7 Å². The van der Waals surface area contributed by atoms with Gasteiger partial charge in [0.2, 0.25) is 0 Å². The lowest BCUT2D eigenvalue weighted by atomic mass is 10.1. The standard InChI is InChI=1S/C8H11NO4S/c1-5-3-7(13-14(9,11)12)4-6(2)8(5)10/h3-4,10H,1-2H3,(H2,9,11,12). The van der Waals surface area contributed by atoms with Crippen LogP contribution in [0.15, 0.2) is 12.1 Å². The zero-order valence-corrected chi connectivity index (χ0v) is 8.63. The van der Waals surface area contributed by atoms with Crippen LogP contribution in [-0.2, 0) is 10.3 Å². The van der Waals surface area contributed by atoms with Crippen molar-refractivity contribution in [2.45, 2.75) is 13.8 Å². The molecule has 78 valence electrons. The topological polar surface area (TPSA) is 89.6 Å². The van der Waals surface area contributed by atoms with Gasteiger partial charge in [-0.3, -0.25) is 0 Å². The highest BCUT2D eigenvalue weighted by atomic mass is 32.2. The molecule has 1 rings (SSSR count). The Morgan fingerprint density at radius 1 is 1.29 bits per heavy atom. The van der Waals surface area contributed by atoms with Crippen LogP contribution < -0.4 is 9.32 Å². The van der Waals surface area contributed by atoms with E-state index in [9.17, 15) is 13.5 Å². The van der Waals surface area contributed by atoms with Gasteiger partial charge in [-0.2, -0.15) is 13.6 Å². The molecule has 0 saturated heterocycles. The maximum atomic E-state index is 10.6. The highest BCUT2D eigenvalue weighted by Gasteiger charge is 2.08. The van der Waals surface area contributed by atoms with E-state index in [4.69, 9.17) is 5.14 Å². The second-order valence-corrected chi connectivity index (χ2v) is 4.13. The van der Waals surface area contributed by atoms with Gasteiger partial charge < -0.3 is 9.29 Å². The Hall–Kier alpha value is -1.27. The van der Waals surface area contributed by atoms with E-state index in [1.807, 2.05) is 0 Å². The second-order valence-electron chi connectivity index (χ2n) is 2.98. The van der Waals surface area contributed by atoms with Gasteiger partial charge in [-0.05, 0) is 37.1 Å². The third-order valence-corrected chi connectivity index (χ3v) is 2.10. The zero-order valence-electron chi connectivity index (χ0n) is 7.81. The molecule has 1 aromatic carbocycles. The molecule has 0 bridgehead atoms. The van der Waals surface area contributed by atoms with Gasteiger partial charge in [-0.1, -0.05) is 0 Å². The SMILES string of the molecule is Cc1cc(OS(N)(=O)=O)cc(C)c1O. The molecule has 3 N–H and O–H groups in total. The first-order chi connectivity index (χ1) is 6.29. The van der Waals surface area contributed by atoms with Crippen LogP contribution in [-0.4, -0.2) is 13.5 Å². The maximum Gasteiger partial charge on any atom is 0.380 e. The highest BCUT2D eigenvalue weighted by Crippen LogP contribution is 2.27. The zero-order chi connectivity index (χ0) is 10.9. The molecule has 1 aromatic rings. The lowest BCUT2D eigenvalue weighted by Gasteiger charge is -2.07. The molecule has 0 fully saturated rings. The van der Waals surface area contributed by atoms with Gasteiger partial charge in [0.05, 0.1) is 0 Å². The number of benzene rings is 1. The number of phenols is 1. The maximum absolute atomic E-state index is 10.6. The van der Waals surface area contributed by atoms with E-state index in [0.29, 0.717) is 11.1 Å². The minimum Gasteiger partial charge on any atom is -0.507 e. The van der Waals surface area contributed by atoms with E-state index in [1.54, 1.807) is 13.8 Å². The number of aryl methyl sites for hydroxylation is 2. The van der Waals surface area contributed by atoms with Crippen LogP contribution in [0.3, 0.4) is 0 Å². The minimum atomic E-state index is -4.01. The molecule has 0 unspecified atom stereocenters. The summed E-state index contributed by atoms with van der Waals surface area (Å²) in [4.78, 5) is 0. The molecule has 0 aliphatic rings. The lowest BCUT2D eigenvalue weighted by Crippen LogP contribution is -2.19. The number of hydrogen-bond acceptors (Lipinski definition) is 4. The molecule has 0 radical (unpaired) electrons. The first kappa shape index (κ1) is 10.8. The van der Waals surface area contributed by atoms with Crippen LogP contribution in [0.4, 0.5) is 0 Å². The molecule has 0 aliphatic carbocycles. The predicted octanol–water partition coefficient (Wildman–Crippen LogP) is 0.591. The summed E-state index contributed by atoms with van der Waals surface area (Å²) in [5, 5.41) is 14.1. The summed E-state index contributed by atoms with van der Waals surface area (Å²) in [6, 6.07) is 2.79. The minimum absolute atomic E-state index is 0.0975. The smallest absolute Gasteiger partial charge is 0.380 e. The van der Waals surface area contributed by atoms with Gasteiger partial charge >= 0.3 is 10.3 Å². The molecule has 0 atom stereocenters. The molecule has 14 heavy (non-hydrogen) atoms. The summed E-state index contributed by atoms with van der Waals surface area (Å²) in [5.41, 5.74) is 1.06.